The number of hydrogen-bond acceptors (Lipinski definition) is 5. The molecule has 148 valence electrons. The number of morpholine rings is 1. The smallest absolute Gasteiger partial charge is 0.325 e. The Morgan fingerprint density at radius 3 is 2.50 bits per heavy atom. The minimum absolute atomic E-state index is 0.0874. The number of carbonyl (C=O) groups is 2. The molecule has 0 aliphatic carbocycles. The molecule has 1 aliphatic rings. The summed E-state index contributed by atoms with van der Waals surface area (Å²) < 4.78 is 5.35. The van der Waals surface area contributed by atoms with Crippen molar-refractivity contribution in [3.8, 4) is 0 Å². The van der Waals surface area contributed by atoms with Crippen LogP contribution < -0.4 is 4.90 Å². The molecule has 1 saturated heterocycles. The first-order valence-corrected chi connectivity index (χ1v) is 9.05. The summed E-state index contributed by atoms with van der Waals surface area (Å²) in [6.07, 6.45) is 3.34. The van der Waals surface area contributed by atoms with Crippen LogP contribution in [0.5, 0.6) is 0 Å². The van der Waals surface area contributed by atoms with E-state index in [2.05, 4.69) is 4.98 Å². The third-order valence-corrected chi connectivity index (χ3v) is 4.57. The predicted octanol–water partition coefficient (Wildman–Crippen LogP) is 2.17. The van der Waals surface area contributed by atoms with Crippen molar-refractivity contribution in [1.82, 2.24) is 14.9 Å². The molecule has 2 aromatic rings. The van der Waals surface area contributed by atoms with Crippen molar-refractivity contribution in [1.29, 1.82) is 0 Å². The molecule has 1 aromatic carbocycles. The van der Waals surface area contributed by atoms with E-state index in [9.17, 15) is 9.59 Å². The zero-order valence-electron chi connectivity index (χ0n) is 16.1. The third kappa shape index (κ3) is 4.65. The van der Waals surface area contributed by atoms with Crippen molar-refractivity contribution in [3.05, 3.63) is 59.9 Å². The molecule has 1 fully saturated rings. The van der Waals surface area contributed by atoms with Crippen LogP contribution in [-0.4, -0.2) is 67.3 Å². The van der Waals surface area contributed by atoms with E-state index in [1.54, 1.807) is 47.4 Å². The van der Waals surface area contributed by atoms with Crippen LogP contribution in [0.4, 0.5) is 10.5 Å². The SMILES string of the molecule is CON(C)C(=O)c1ccc(CN(C(=O)N2CCOCC2)c2cccnc2)cc1. The second-order valence-corrected chi connectivity index (χ2v) is 6.36. The van der Waals surface area contributed by atoms with Crippen molar-refractivity contribution in [3.63, 3.8) is 0 Å². The van der Waals surface area contributed by atoms with Crippen molar-refractivity contribution in [2.75, 3.05) is 45.4 Å². The molecule has 0 bridgehead atoms. The standard InChI is InChI=1S/C20H24N4O4/c1-22(27-2)19(25)17-7-5-16(6-8-17)15-24(18-4-3-9-21-14-18)20(26)23-10-12-28-13-11-23/h3-9,14H,10-13,15H2,1-2H3. The number of urea groups is 1. The maximum absolute atomic E-state index is 13.1. The van der Waals surface area contributed by atoms with Gasteiger partial charge in [0.2, 0.25) is 0 Å². The molecule has 2 heterocycles. The highest BCUT2D eigenvalue weighted by molar-refractivity contribution is 5.94. The van der Waals surface area contributed by atoms with Gasteiger partial charge in [0, 0.05) is 31.9 Å². The van der Waals surface area contributed by atoms with Crippen LogP contribution in [0.25, 0.3) is 0 Å². The van der Waals surface area contributed by atoms with E-state index >= 15 is 0 Å². The van der Waals surface area contributed by atoms with Gasteiger partial charge in [-0.3, -0.25) is 19.5 Å². The average Bonchev–Trinajstić information content (AvgIpc) is 2.77. The molecular weight excluding hydrogens is 360 g/mol. The summed E-state index contributed by atoms with van der Waals surface area (Å²) in [6.45, 7) is 2.57. The number of benzene rings is 1. The summed E-state index contributed by atoms with van der Waals surface area (Å²) in [5, 5.41) is 1.17. The van der Waals surface area contributed by atoms with Gasteiger partial charge in [0.05, 0.1) is 38.8 Å². The molecule has 0 spiro atoms. The zero-order chi connectivity index (χ0) is 19.9. The van der Waals surface area contributed by atoms with Gasteiger partial charge in [-0.05, 0) is 29.8 Å². The number of carbonyl (C=O) groups excluding carboxylic acids is 2. The van der Waals surface area contributed by atoms with Crippen LogP contribution >= 0.6 is 0 Å². The topological polar surface area (TPSA) is 75.2 Å². The van der Waals surface area contributed by atoms with Gasteiger partial charge >= 0.3 is 6.03 Å². The molecule has 0 unspecified atom stereocenters. The Morgan fingerprint density at radius 1 is 1.18 bits per heavy atom. The van der Waals surface area contributed by atoms with Gasteiger partial charge in [-0.1, -0.05) is 12.1 Å². The van der Waals surface area contributed by atoms with E-state index in [0.29, 0.717) is 38.4 Å². The van der Waals surface area contributed by atoms with Crippen molar-refractivity contribution in [2.24, 2.45) is 0 Å². The molecule has 0 N–H and O–H groups in total. The number of hydroxylamine groups is 2. The van der Waals surface area contributed by atoms with E-state index in [0.717, 1.165) is 11.3 Å². The van der Waals surface area contributed by atoms with E-state index in [4.69, 9.17) is 9.57 Å². The molecule has 28 heavy (non-hydrogen) atoms. The van der Waals surface area contributed by atoms with Gasteiger partial charge in [-0.15, -0.1) is 0 Å². The number of anilines is 1. The maximum Gasteiger partial charge on any atom is 0.325 e. The fourth-order valence-electron chi connectivity index (χ4n) is 2.91. The van der Waals surface area contributed by atoms with Crippen LogP contribution in [0.1, 0.15) is 15.9 Å². The quantitative estimate of drug-likeness (QED) is 0.739. The Balaban J connectivity index is 1.79. The molecule has 1 aliphatic heterocycles. The van der Waals surface area contributed by atoms with Gasteiger partial charge in [-0.2, -0.15) is 0 Å². The van der Waals surface area contributed by atoms with Crippen LogP contribution in [0, 0.1) is 0 Å². The normalized spacial score (nSPS) is 13.9. The number of nitrogens with zero attached hydrogens (tertiary/aromatic N) is 4. The molecular formula is C20H24N4O4. The third-order valence-electron chi connectivity index (χ3n) is 4.57. The zero-order valence-corrected chi connectivity index (χ0v) is 16.1. The fraction of sp³-hybridized carbons (Fsp3) is 0.350. The largest absolute Gasteiger partial charge is 0.378 e. The second kappa shape index (κ2) is 9.29. The van der Waals surface area contributed by atoms with E-state index < -0.39 is 0 Å². The van der Waals surface area contributed by atoms with E-state index in [1.165, 1.54) is 12.2 Å². The molecule has 0 atom stereocenters. The van der Waals surface area contributed by atoms with Gasteiger partial charge in [-0.25, -0.2) is 9.86 Å². The summed E-state index contributed by atoms with van der Waals surface area (Å²) in [7, 11) is 3.00. The van der Waals surface area contributed by atoms with Gasteiger partial charge in [0.1, 0.15) is 0 Å². The van der Waals surface area contributed by atoms with Gasteiger partial charge in [0.15, 0.2) is 0 Å². The Labute approximate surface area is 164 Å². The van der Waals surface area contributed by atoms with E-state index in [-0.39, 0.29) is 11.9 Å². The summed E-state index contributed by atoms with van der Waals surface area (Å²) in [4.78, 5) is 37.8. The second-order valence-electron chi connectivity index (χ2n) is 6.36. The molecule has 8 heteroatoms. The minimum atomic E-state index is -0.234. The highest BCUT2D eigenvalue weighted by atomic mass is 16.7. The number of amides is 3. The summed E-state index contributed by atoms with van der Waals surface area (Å²) in [6, 6.07) is 10.7. The van der Waals surface area contributed by atoms with E-state index in [1.807, 2.05) is 18.2 Å². The molecule has 0 radical (unpaired) electrons. The summed E-state index contributed by atoms with van der Waals surface area (Å²) in [5.41, 5.74) is 2.14. The average molecular weight is 384 g/mol. The Morgan fingerprint density at radius 2 is 1.89 bits per heavy atom. The van der Waals surface area contributed by atoms with Crippen molar-refractivity contribution < 1.29 is 19.2 Å². The lowest BCUT2D eigenvalue weighted by Gasteiger charge is -2.33. The lowest BCUT2D eigenvalue weighted by molar-refractivity contribution is -0.0756. The number of hydrogen-bond donors (Lipinski definition) is 0. The molecule has 0 saturated carbocycles. The molecule has 1 aromatic heterocycles. The molecule has 3 rings (SSSR count). The number of pyridine rings is 1. The van der Waals surface area contributed by atoms with Gasteiger partial charge < -0.3 is 9.64 Å². The fourth-order valence-corrected chi connectivity index (χ4v) is 2.91. The first-order chi connectivity index (χ1) is 13.6. The van der Waals surface area contributed by atoms with Gasteiger partial charge in [0.25, 0.3) is 5.91 Å². The highest BCUT2D eigenvalue weighted by Gasteiger charge is 2.24. The number of ether oxygens (including phenoxy) is 1. The first-order valence-electron chi connectivity index (χ1n) is 9.05. The van der Waals surface area contributed by atoms with Crippen molar-refractivity contribution in [2.45, 2.75) is 6.54 Å². The first kappa shape index (κ1) is 19.8. The Hall–Kier alpha value is -2.97. The predicted molar refractivity (Wildman–Crippen MR) is 104 cm³/mol. The monoisotopic (exact) mass is 384 g/mol. The van der Waals surface area contributed by atoms with Crippen LogP contribution in [-0.2, 0) is 16.1 Å². The van der Waals surface area contributed by atoms with Crippen LogP contribution in [0.3, 0.4) is 0 Å². The highest BCUT2D eigenvalue weighted by Crippen LogP contribution is 2.19. The molecule has 8 nitrogen and oxygen atoms in total. The Kier molecular flexibility index (Phi) is 6.57. The summed E-state index contributed by atoms with van der Waals surface area (Å²) >= 11 is 0. The summed E-state index contributed by atoms with van der Waals surface area (Å²) in [5.74, 6) is -0.234. The number of aromatic nitrogens is 1. The maximum atomic E-state index is 13.1. The van der Waals surface area contributed by atoms with Crippen LogP contribution in [0.15, 0.2) is 48.8 Å². The number of rotatable bonds is 5. The van der Waals surface area contributed by atoms with Crippen molar-refractivity contribution >= 4 is 17.6 Å². The lowest BCUT2D eigenvalue weighted by atomic mass is 10.1. The molecule has 3 amide bonds. The van der Waals surface area contributed by atoms with Crippen LogP contribution in [0.2, 0.25) is 0 Å². The Bertz CT molecular complexity index is 792. The minimum Gasteiger partial charge on any atom is -0.378 e. The lowest BCUT2D eigenvalue weighted by Crippen LogP contribution is -2.48.